The molecule has 0 unspecified atom stereocenters. The second-order valence-corrected chi connectivity index (χ2v) is 2.91. The van der Waals surface area contributed by atoms with E-state index in [1.807, 2.05) is 0 Å². The van der Waals surface area contributed by atoms with E-state index < -0.39 is 0 Å². The highest BCUT2D eigenvalue weighted by atomic mass is 14.9. The molecule has 1 fully saturated rings. The van der Waals surface area contributed by atoms with E-state index in [-0.39, 0.29) is 0 Å². The summed E-state index contributed by atoms with van der Waals surface area (Å²) in [6.45, 7) is 2.19. The van der Waals surface area contributed by atoms with Gasteiger partial charge in [-0.1, -0.05) is 0 Å². The summed E-state index contributed by atoms with van der Waals surface area (Å²) in [6.07, 6.45) is 4.51. The van der Waals surface area contributed by atoms with Crippen LogP contribution in [0.3, 0.4) is 0 Å². The van der Waals surface area contributed by atoms with Crippen LogP contribution in [0.5, 0.6) is 0 Å². The fourth-order valence-electron chi connectivity index (χ4n) is 0.921. The molecule has 2 heteroatoms. The highest BCUT2D eigenvalue weighted by molar-refractivity contribution is 4.75. The molecule has 1 aliphatic rings. The Morgan fingerprint density at radius 3 is 2.90 bits per heavy atom. The molecule has 0 radical (unpaired) electrons. The number of nitrogens with one attached hydrogen (secondary N) is 1. The van der Waals surface area contributed by atoms with Crippen molar-refractivity contribution in [1.82, 2.24) is 5.32 Å². The van der Waals surface area contributed by atoms with Crippen molar-refractivity contribution in [2.75, 3.05) is 13.1 Å². The molecule has 10 heavy (non-hydrogen) atoms. The molecule has 1 saturated carbocycles. The van der Waals surface area contributed by atoms with Gasteiger partial charge in [0.2, 0.25) is 0 Å². The Morgan fingerprint density at radius 1 is 1.50 bits per heavy atom. The van der Waals surface area contributed by atoms with Crippen molar-refractivity contribution < 1.29 is 0 Å². The molecule has 0 spiro atoms. The lowest BCUT2D eigenvalue weighted by Gasteiger charge is -1.98. The molecule has 0 aromatic carbocycles. The van der Waals surface area contributed by atoms with Gasteiger partial charge in [0.05, 0.1) is 6.07 Å². The van der Waals surface area contributed by atoms with Crippen LogP contribution in [0.15, 0.2) is 0 Å². The Bertz CT molecular complexity index is 122. The zero-order valence-corrected chi connectivity index (χ0v) is 6.27. The maximum absolute atomic E-state index is 8.21. The van der Waals surface area contributed by atoms with Gasteiger partial charge in [0.1, 0.15) is 0 Å². The summed E-state index contributed by atoms with van der Waals surface area (Å²) in [5.74, 6) is 0.960. The zero-order chi connectivity index (χ0) is 7.23. The standard InChI is InChI=1S/C8H14N2/c9-5-1-2-6-10-7-8-3-4-8/h8,10H,1-4,6-7H2. The molecule has 0 aromatic heterocycles. The average molecular weight is 138 g/mol. The lowest BCUT2D eigenvalue weighted by Crippen LogP contribution is -2.17. The van der Waals surface area contributed by atoms with Gasteiger partial charge >= 0.3 is 0 Å². The third-order valence-corrected chi connectivity index (χ3v) is 1.77. The van der Waals surface area contributed by atoms with Gasteiger partial charge < -0.3 is 5.32 Å². The fourth-order valence-corrected chi connectivity index (χ4v) is 0.921. The molecule has 56 valence electrons. The van der Waals surface area contributed by atoms with Gasteiger partial charge in [-0.15, -0.1) is 0 Å². The second-order valence-electron chi connectivity index (χ2n) is 2.91. The van der Waals surface area contributed by atoms with E-state index >= 15 is 0 Å². The van der Waals surface area contributed by atoms with Gasteiger partial charge in [-0.2, -0.15) is 5.26 Å². The van der Waals surface area contributed by atoms with Crippen molar-refractivity contribution in [2.24, 2.45) is 5.92 Å². The number of unbranched alkanes of at least 4 members (excludes halogenated alkanes) is 1. The van der Waals surface area contributed by atoms with Gasteiger partial charge in [0.25, 0.3) is 0 Å². The molecular weight excluding hydrogens is 124 g/mol. The largest absolute Gasteiger partial charge is 0.316 e. The molecule has 0 saturated heterocycles. The predicted octanol–water partition coefficient (Wildman–Crippen LogP) is 1.29. The summed E-state index contributed by atoms with van der Waals surface area (Å²) < 4.78 is 0. The van der Waals surface area contributed by atoms with E-state index in [0.29, 0.717) is 6.42 Å². The van der Waals surface area contributed by atoms with Crippen LogP contribution in [-0.4, -0.2) is 13.1 Å². The topological polar surface area (TPSA) is 35.8 Å². The van der Waals surface area contributed by atoms with E-state index in [1.54, 1.807) is 0 Å². The summed E-state index contributed by atoms with van der Waals surface area (Å²) >= 11 is 0. The summed E-state index contributed by atoms with van der Waals surface area (Å²) in [6, 6.07) is 2.13. The smallest absolute Gasteiger partial charge is 0.0622 e. The lowest BCUT2D eigenvalue weighted by atomic mass is 10.3. The zero-order valence-electron chi connectivity index (χ0n) is 6.27. The monoisotopic (exact) mass is 138 g/mol. The Morgan fingerprint density at radius 2 is 2.30 bits per heavy atom. The maximum atomic E-state index is 8.21. The quantitative estimate of drug-likeness (QED) is 0.581. The van der Waals surface area contributed by atoms with Crippen LogP contribution in [0.25, 0.3) is 0 Å². The van der Waals surface area contributed by atoms with Crippen molar-refractivity contribution in [3.05, 3.63) is 0 Å². The first-order valence-electron chi connectivity index (χ1n) is 4.01. The minimum Gasteiger partial charge on any atom is -0.316 e. The fraction of sp³-hybridized carbons (Fsp3) is 0.875. The number of rotatable bonds is 5. The Kier molecular flexibility index (Phi) is 3.25. The number of hydrogen-bond donors (Lipinski definition) is 1. The summed E-state index contributed by atoms with van der Waals surface area (Å²) in [7, 11) is 0. The van der Waals surface area contributed by atoms with Crippen LogP contribution in [0.4, 0.5) is 0 Å². The van der Waals surface area contributed by atoms with Crippen LogP contribution < -0.4 is 5.32 Å². The van der Waals surface area contributed by atoms with Gasteiger partial charge in [-0.3, -0.25) is 0 Å². The van der Waals surface area contributed by atoms with Gasteiger partial charge in [-0.05, 0) is 38.3 Å². The third-order valence-electron chi connectivity index (χ3n) is 1.77. The molecule has 0 heterocycles. The summed E-state index contributed by atoms with van der Waals surface area (Å²) in [4.78, 5) is 0. The summed E-state index contributed by atoms with van der Waals surface area (Å²) in [5.41, 5.74) is 0. The first-order chi connectivity index (χ1) is 4.93. The molecule has 0 amide bonds. The van der Waals surface area contributed by atoms with Crippen molar-refractivity contribution >= 4 is 0 Å². The molecule has 1 aliphatic carbocycles. The first-order valence-corrected chi connectivity index (χ1v) is 4.01. The Hall–Kier alpha value is -0.550. The second kappa shape index (κ2) is 4.29. The van der Waals surface area contributed by atoms with Crippen LogP contribution >= 0.6 is 0 Å². The normalized spacial score (nSPS) is 16.7. The molecule has 2 nitrogen and oxygen atoms in total. The molecule has 1 N–H and O–H groups in total. The van der Waals surface area contributed by atoms with Gasteiger partial charge in [-0.25, -0.2) is 0 Å². The van der Waals surface area contributed by atoms with Crippen LogP contribution in [-0.2, 0) is 0 Å². The number of nitriles is 1. The maximum Gasteiger partial charge on any atom is 0.0622 e. The van der Waals surface area contributed by atoms with Gasteiger partial charge in [0, 0.05) is 6.42 Å². The first kappa shape index (κ1) is 7.56. The van der Waals surface area contributed by atoms with E-state index in [4.69, 9.17) is 5.26 Å². The van der Waals surface area contributed by atoms with E-state index in [1.165, 1.54) is 19.4 Å². The summed E-state index contributed by atoms with van der Waals surface area (Å²) in [5, 5.41) is 11.5. The van der Waals surface area contributed by atoms with Gasteiger partial charge in [0.15, 0.2) is 0 Å². The SMILES string of the molecule is N#CCCCNCC1CC1. The van der Waals surface area contributed by atoms with Crippen LogP contribution in [0.1, 0.15) is 25.7 Å². The highest BCUT2D eigenvalue weighted by Gasteiger charge is 2.19. The van der Waals surface area contributed by atoms with Crippen molar-refractivity contribution in [3.63, 3.8) is 0 Å². The molecule has 1 rings (SSSR count). The van der Waals surface area contributed by atoms with Crippen LogP contribution in [0, 0.1) is 17.2 Å². The minimum absolute atomic E-state index is 0.692. The molecule has 0 aromatic rings. The van der Waals surface area contributed by atoms with E-state index in [0.717, 1.165) is 18.9 Å². The van der Waals surface area contributed by atoms with Crippen LogP contribution in [0.2, 0.25) is 0 Å². The average Bonchev–Trinajstić information content (AvgIpc) is 2.71. The van der Waals surface area contributed by atoms with Crippen molar-refractivity contribution in [1.29, 1.82) is 5.26 Å². The van der Waals surface area contributed by atoms with Crippen molar-refractivity contribution in [3.8, 4) is 6.07 Å². The predicted molar refractivity (Wildman–Crippen MR) is 40.4 cm³/mol. The lowest BCUT2D eigenvalue weighted by molar-refractivity contribution is 0.618. The van der Waals surface area contributed by atoms with Crippen molar-refractivity contribution in [2.45, 2.75) is 25.7 Å². The van der Waals surface area contributed by atoms with E-state index in [2.05, 4.69) is 11.4 Å². The third kappa shape index (κ3) is 3.47. The molecule has 0 aliphatic heterocycles. The van der Waals surface area contributed by atoms with E-state index in [9.17, 15) is 0 Å². The number of nitrogens with zero attached hydrogens (tertiary/aromatic N) is 1. The minimum atomic E-state index is 0.692. The molecule has 0 atom stereocenters. The highest BCUT2D eigenvalue weighted by Crippen LogP contribution is 2.27. The number of hydrogen-bond acceptors (Lipinski definition) is 2. The molecular formula is C8H14N2. The molecule has 0 bridgehead atoms. The Labute approximate surface area is 62.2 Å². The Balaban J connectivity index is 1.73.